The van der Waals surface area contributed by atoms with Crippen LogP contribution in [0.15, 0.2) is 36.4 Å². The van der Waals surface area contributed by atoms with Crippen molar-refractivity contribution in [3.8, 4) is 12.3 Å². The molecule has 0 saturated carbocycles. The van der Waals surface area contributed by atoms with Crippen LogP contribution in [0.25, 0.3) is 0 Å². The molecule has 1 heteroatoms. The van der Waals surface area contributed by atoms with Gasteiger partial charge in [0.2, 0.25) is 0 Å². The van der Waals surface area contributed by atoms with Gasteiger partial charge in [0.1, 0.15) is 0 Å². The first-order valence-corrected chi connectivity index (χ1v) is 5.61. The summed E-state index contributed by atoms with van der Waals surface area (Å²) in [6.45, 7) is 3.79. The molecule has 82 valence electrons. The molecule has 16 heavy (non-hydrogen) atoms. The highest BCUT2D eigenvalue weighted by Gasteiger charge is 2.34. The normalized spacial score (nSPS) is 23.2. The Hall–Kier alpha value is -1.52. The molecule has 1 aliphatic carbocycles. The van der Waals surface area contributed by atoms with Crippen LogP contribution in [0.1, 0.15) is 30.4 Å². The highest BCUT2D eigenvalue weighted by Crippen LogP contribution is 2.39. The second-order valence-corrected chi connectivity index (χ2v) is 4.47. The monoisotopic (exact) mass is 212 g/mol. The number of terminal acetylenes is 1. The van der Waals surface area contributed by atoms with E-state index in [0.29, 0.717) is 12.0 Å². The van der Waals surface area contributed by atoms with Gasteiger partial charge in [0.15, 0.2) is 0 Å². The fourth-order valence-corrected chi connectivity index (χ4v) is 2.49. The number of benzene rings is 1. The molecule has 0 aromatic heterocycles. The molecular weight excluding hydrogens is 196 g/mol. The highest BCUT2D eigenvalue weighted by molar-refractivity contribution is 5.37. The lowest BCUT2D eigenvalue weighted by atomic mass is 9.76. The first kappa shape index (κ1) is 11.0. The molecular formula is C15H16O. The summed E-state index contributed by atoms with van der Waals surface area (Å²) in [4.78, 5) is 0. The van der Waals surface area contributed by atoms with Crippen molar-refractivity contribution in [2.24, 2.45) is 0 Å². The quantitative estimate of drug-likeness (QED) is 0.747. The third-order valence-corrected chi connectivity index (χ3v) is 3.27. The Morgan fingerprint density at radius 2 is 2.25 bits per heavy atom. The van der Waals surface area contributed by atoms with Gasteiger partial charge in [-0.1, -0.05) is 36.8 Å². The molecule has 0 radical (unpaired) electrons. The van der Waals surface area contributed by atoms with E-state index in [4.69, 9.17) is 6.42 Å². The topological polar surface area (TPSA) is 20.2 Å². The van der Waals surface area contributed by atoms with Crippen molar-refractivity contribution < 1.29 is 5.11 Å². The lowest BCUT2D eigenvalue weighted by Gasteiger charge is -2.34. The maximum Gasteiger partial charge on any atom is 0.0945 e. The van der Waals surface area contributed by atoms with E-state index in [1.165, 1.54) is 5.56 Å². The molecule has 0 amide bonds. The minimum atomic E-state index is -0.807. The van der Waals surface area contributed by atoms with Crippen LogP contribution in [0.5, 0.6) is 0 Å². The second-order valence-electron chi connectivity index (χ2n) is 4.47. The first-order chi connectivity index (χ1) is 7.65. The van der Waals surface area contributed by atoms with Gasteiger partial charge in [-0.3, -0.25) is 0 Å². The van der Waals surface area contributed by atoms with Crippen LogP contribution in [-0.4, -0.2) is 5.11 Å². The molecule has 1 unspecified atom stereocenters. The average Bonchev–Trinajstić information content (AvgIpc) is 2.29. The van der Waals surface area contributed by atoms with Gasteiger partial charge in [0.05, 0.1) is 5.60 Å². The Bertz CT molecular complexity index is 453. The number of hydrogen-bond donors (Lipinski definition) is 1. The summed E-state index contributed by atoms with van der Waals surface area (Å²) in [5, 5.41) is 10.7. The molecule has 0 spiro atoms. The minimum absolute atomic E-state index is 0.473. The number of hydrogen-bond acceptors (Lipinski definition) is 1. The van der Waals surface area contributed by atoms with Crippen molar-refractivity contribution in [3.05, 3.63) is 47.5 Å². The van der Waals surface area contributed by atoms with Gasteiger partial charge in [-0.2, -0.15) is 0 Å². The SMILES string of the molecule is C#CC(=C)CC1(O)CCCc2ccccc21. The first-order valence-electron chi connectivity index (χ1n) is 5.61. The van der Waals surface area contributed by atoms with E-state index in [9.17, 15) is 5.11 Å². The highest BCUT2D eigenvalue weighted by atomic mass is 16.3. The second kappa shape index (κ2) is 4.15. The number of aryl methyl sites for hydroxylation is 1. The van der Waals surface area contributed by atoms with Crippen molar-refractivity contribution in [2.75, 3.05) is 0 Å². The molecule has 0 bridgehead atoms. The van der Waals surface area contributed by atoms with E-state index in [2.05, 4.69) is 18.6 Å². The lowest BCUT2D eigenvalue weighted by molar-refractivity contribution is 0.0202. The smallest absolute Gasteiger partial charge is 0.0945 e. The molecule has 1 nitrogen and oxygen atoms in total. The molecule has 1 N–H and O–H groups in total. The fourth-order valence-electron chi connectivity index (χ4n) is 2.49. The molecule has 1 aromatic carbocycles. The molecule has 1 atom stereocenters. The summed E-state index contributed by atoms with van der Waals surface area (Å²) in [6.07, 6.45) is 8.60. The number of aliphatic hydroxyl groups is 1. The van der Waals surface area contributed by atoms with Crippen molar-refractivity contribution in [2.45, 2.75) is 31.3 Å². The third-order valence-electron chi connectivity index (χ3n) is 3.27. The summed E-state index contributed by atoms with van der Waals surface area (Å²) in [5.41, 5.74) is 2.12. The largest absolute Gasteiger partial charge is 0.385 e. The van der Waals surface area contributed by atoms with E-state index in [1.807, 2.05) is 18.2 Å². The van der Waals surface area contributed by atoms with Crippen LogP contribution in [0, 0.1) is 12.3 Å². The van der Waals surface area contributed by atoms with E-state index in [1.54, 1.807) is 0 Å². The molecule has 0 aliphatic heterocycles. The summed E-state index contributed by atoms with van der Waals surface area (Å²) in [6, 6.07) is 8.06. The molecule has 2 rings (SSSR count). The van der Waals surface area contributed by atoms with E-state index >= 15 is 0 Å². The maximum absolute atomic E-state index is 10.7. The summed E-state index contributed by atoms with van der Waals surface area (Å²) < 4.78 is 0. The zero-order chi connectivity index (χ0) is 11.6. The zero-order valence-electron chi connectivity index (χ0n) is 9.37. The number of rotatable bonds is 2. The Balaban J connectivity index is 2.37. The van der Waals surface area contributed by atoms with Crippen molar-refractivity contribution in [3.63, 3.8) is 0 Å². The van der Waals surface area contributed by atoms with Gasteiger partial charge >= 0.3 is 0 Å². The number of fused-ring (bicyclic) bond motifs is 1. The van der Waals surface area contributed by atoms with Crippen LogP contribution in [0.4, 0.5) is 0 Å². The maximum atomic E-state index is 10.7. The van der Waals surface area contributed by atoms with Gasteiger partial charge in [0.25, 0.3) is 0 Å². The van der Waals surface area contributed by atoms with Crippen LogP contribution >= 0.6 is 0 Å². The molecule has 1 aliphatic rings. The van der Waals surface area contributed by atoms with Gasteiger partial charge in [-0.05, 0) is 36.0 Å². The molecule has 0 heterocycles. The Labute approximate surface area is 96.8 Å². The van der Waals surface area contributed by atoms with Crippen molar-refractivity contribution >= 4 is 0 Å². The van der Waals surface area contributed by atoms with Gasteiger partial charge in [0, 0.05) is 6.42 Å². The third kappa shape index (κ3) is 1.89. The average molecular weight is 212 g/mol. The Morgan fingerprint density at radius 3 is 3.00 bits per heavy atom. The zero-order valence-corrected chi connectivity index (χ0v) is 9.37. The van der Waals surface area contributed by atoms with Gasteiger partial charge < -0.3 is 5.11 Å². The van der Waals surface area contributed by atoms with Crippen LogP contribution in [-0.2, 0) is 12.0 Å². The lowest BCUT2D eigenvalue weighted by Crippen LogP contribution is -2.30. The van der Waals surface area contributed by atoms with E-state index < -0.39 is 5.60 Å². The van der Waals surface area contributed by atoms with Crippen LogP contribution in [0.3, 0.4) is 0 Å². The minimum Gasteiger partial charge on any atom is -0.385 e. The Kier molecular flexibility index (Phi) is 2.85. The summed E-state index contributed by atoms with van der Waals surface area (Å²) in [5.74, 6) is 2.51. The predicted molar refractivity (Wildman–Crippen MR) is 65.9 cm³/mol. The molecule has 0 fully saturated rings. The standard InChI is InChI=1S/C15H16O/c1-3-12(2)11-15(16)10-6-8-13-7-4-5-9-14(13)15/h1,4-5,7,9,16H,2,6,8,10-11H2. The van der Waals surface area contributed by atoms with E-state index in [-0.39, 0.29) is 0 Å². The van der Waals surface area contributed by atoms with Crippen LogP contribution in [0.2, 0.25) is 0 Å². The van der Waals surface area contributed by atoms with Crippen LogP contribution < -0.4 is 0 Å². The fraction of sp³-hybridized carbons (Fsp3) is 0.333. The van der Waals surface area contributed by atoms with E-state index in [0.717, 1.165) is 24.8 Å². The summed E-state index contributed by atoms with van der Waals surface area (Å²) in [7, 11) is 0. The molecule has 1 aromatic rings. The summed E-state index contributed by atoms with van der Waals surface area (Å²) >= 11 is 0. The molecule has 0 saturated heterocycles. The van der Waals surface area contributed by atoms with Gasteiger partial charge in [-0.15, -0.1) is 6.42 Å². The Morgan fingerprint density at radius 1 is 1.50 bits per heavy atom. The van der Waals surface area contributed by atoms with Crippen molar-refractivity contribution in [1.29, 1.82) is 0 Å². The van der Waals surface area contributed by atoms with Gasteiger partial charge in [-0.25, -0.2) is 0 Å². The van der Waals surface area contributed by atoms with Crippen molar-refractivity contribution in [1.82, 2.24) is 0 Å². The predicted octanol–water partition coefficient (Wildman–Crippen LogP) is 2.79.